The van der Waals surface area contributed by atoms with Crippen LogP contribution in [0.15, 0.2) is 23.0 Å². The summed E-state index contributed by atoms with van der Waals surface area (Å²) in [6, 6.07) is 1.59. The van der Waals surface area contributed by atoms with E-state index >= 15 is 0 Å². The number of aromatic nitrogens is 3. The molecule has 2 aromatic heterocycles. The number of carbonyl (C=O) groups is 1. The number of rotatable bonds is 2. The zero-order valence-corrected chi connectivity index (χ0v) is 12.0. The second-order valence-corrected chi connectivity index (χ2v) is 5.17. The number of imidazole rings is 1. The van der Waals surface area contributed by atoms with Gasteiger partial charge in [0.2, 0.25) is 0 Å². The lowest BCUT2D eigenvalue weighted by atomic mass is 10.1. The van der Waals surface area contributed by atoms with Crippen LogP contribution in [-0.4, -0.2) is 57.6 Å². The van der Waals surface area contributed by atoms with E-state index in [1.165, 1.54) is 0 Å². The van der Waals surface area contributed by atoms with E-state index in [1.54, 1.807) is 30.3 Å². The molecule has 2 amide bonds. The van der Waals surface area contributed by atoms with Crippen LogP contribution in [0, 0.1) is 6.92 Å². The second-order valence-electron chi connectivity index (χ2n) is 5.17. The number of nitrogens with zero attached hydrogens (tertiary/aromatic N) is 4. The lowest BCUT2D eigenvalue weighted by molar-refractivity contribution is 0.112. The lowest BCUT2D eigenvalue weighted by Gasteiger charge is -2.38. The normalized spacial score (nSPS) is 19.7. The largest absolute Gasteiger partial charge is 0.360 e. The second kappa shape index (κ2) is 5.57. The quantitative estimate of drug-likeness (QED) is 0.868. The molecule has 2 N–H and O–H groups in total. The Morgan fingerprint density at radius 3 is 3.05 bits per heavy atom. The molecule has 8 nitrogen and oxygen atoms in total. The van der Waals surface area contributed by atoms with Crippen LogP contribution >= 0.6 is 0 Å². The maximum atomic E-state index is 12.3. The molecule has 8 heteroatoms. The van der Waals surface area contributed by atoms with Crippen molar-refractivity contribution < 1.29 is 9.32 Å². The van der Waals surface area contributed by atoms with E-state index in [0.717, 1.165) is 12.4 Å². The average molecular weight is 290 g/mol. The molecule has 21 heavy (non-hydrogen) atoms. The number of H-pyrrole nitrogens is 1. The summed E-state index contributed by atoms with van der Waals surface area (Å²) in [6.07, 6.45) is 3.51. The summed E-state index contributed by atoms with van der Waals surface area (Å²) >= 11 is 0. The number of amides is 2. The first kappa shape index (κ1) is 13.6. The fraction of sp³-hybridized carbons (Fsp3) is 0.462. The Hall–Kier alpha value is -2.35. The maximum absolute atomic E-state index is 12.3. The first-order chi connectivity index (χ1) is 10.1. The van der Waals surface area contributed by atoms with Gasteiger partial charge in [-0.15, -0.1) is 0 Å². The number of piperazine rings is 1. The van der Waals surface area contributed by atoms with E-state index in [4.69, 9.17) is 4.52 Å². The van der Waals surface area contributed by atoms with Crippen LogP contribution in [0.3, 0.4) is 0 Å². The van der Waals surface area contributed by atoms with Crippen molar-refractivity contribution in [2.75, 3.05) is 32.0 Å². The summed E-state index contributed by atoms with van der Waals surface area (Å²) in [7, 11) is 2.03. The number of hydrogen-bond acceptors (Lipinski definition) is 5. The van der Waals surface area contributed by atoms with Crippen LogP contribution in [0.4, 0.5) is 10.6 Å². The zero-order valence-electron chi connectivity index (χ0n) is 12.0. The molecule has 0 aliphatic carbocycles. The first-order valence-corrected chi connectivity index (χ1v) is 6.82. The number of hydrogen-bond donors (Lipinski definition) is 2. The molecule has 112 valence electrons. The topological polar surface area (TPSA) is 90.3 Å². The van der Waals surface area contributed by atoms with Gasteiger partial charge < -0.3 is 14.4 Å². The third-order valence-corrected chi connectivity index (χ3v) is 3.63. The third kappa shape index (κ3) is 2.89. The van der Waals surface area contributed by atoms with Gasteiger partial charge in [-0.25, -0.2) is 9.78 Å². The molecule has 2 aromatic rings. The van der Waals surface area contributed by atoms with Crippen LogP contribution in [-0.2, 0) is 0 Å². The van der Waals surface area contributed by atoms with Gasteiger partial charge in [-0.3, -0.25) is 10.2 Å². The summed E-state index contributed by atoms with van der Waals surface area (Å²) in [5.41, 5.74) is 0. The molecule has 0 unspecified atom stereocenters. The monoisotopic (exact) mass is 290 g/mol. The van der Waals surface area contributed by atoms with Crippen LogP contribution in [0.2, 0.25) is 0 Å². The van der Waals surface area contributed by atoms with Gasteiger partial charge in [0.05, 0.1) is 6.04 Å². The molecule has 1 saturated heterocycles. The highest BCUT2D eigenvalue weighted by Gasteiger charge is 2.30. The van der Waals surface area contributed by atoms with Crippen molar-refractivity contribution in [3.8, 4) is 0 Å². The van der Waals surface area contributed by atoms with Gasteiger partial charge in [-0.2, -0.15) is 0 Å². The highest BCUT2D eigenvalue weighted by atomic mass is 16.5. The van der Waals surface area contributed by atoms with Crippen LogP contribution in [0.1, 0.15) is 17.6 Å². The van der Waals surface area contributed by atoms with E-state index in [-0.39, 0.29) is 12.1 Å². The molecular formula is C13H18N6O2. The number of likely N-dealkylation sites (N-methyl/N-ethyl adjacent to an activating group) is 1. The van der Waals surface area contributed by atoms with Crippen LogP contribution < -0.4 is 5.32 Å². The van der Waals surface area contributed by atoms with E-state index in [2.05, 4.69) is 25.3 Å². The molecular weight excluding hydrogens is 272 g/mol. The lowest BCUT2D eigenvalue weighted by Crippen LogP contribution is -2.50. The SMILES string of the molecule is Cc1cc(NC(=O)N2CCN(C)[C@H](c3ncc[nH]3)C2)no1. The van der Waals surface area contributed by atoms with Gasteiger partial charge in [-0.05, 0) is 14.0 Å². The standard InChI is InChI=1S/C13H18N6O2/c1-9-7-11(17-21-9)16-13(20)19-6-5-18(2)10(8-19)12-14-3-4-15-12/h3-4,7,10H,5-6,8H2,1-2H3,(H,14,15)(H,16,17,20)/t10-/m0/s1. The molecule has 1 aliphatic heterocycles. The summed E-state index contributed by atoms with van der Waals surface area (Å²) in [6.45, 7) is 3.81. The Morgan fingerprint density at radius 1 is 1.52 bits per heavy atom. The summed E-state index contributed by atoms with van der Waals surface area (Å²) in [5.74, 6) is 1.97. The van der Waals surface area contributed by atoms with Gasteiger partial charge in [0.1, 0.15) is 11.6 Å². The number of aromatic amines is 1. The van der Waals surface area contributed by atoms with Gasteiger partial charge in [-0.1, -0.05) is 5.16 Å². The summed E-state index contributed by atoms with van der Waals surface area (Å²) in [4.78, 5) is 23.6. The Bertz CT molecular complexity index is 608. The summed E-state index contributed by atoms with van der Waals surface area (Å²) in [5, 5.41) is 6.52. The van der Waals surface area contributed by atoms with E-state index in [1.807, 2.05) is 7.05 Å². The molecule has 0 bridgehead atoms. The maximum Gasteiger partial charge on any atom is 0.323 e. The van der Waals surface area contributed by atoms with Crippen molar-refractivity contribution in [3.05, 3.63) is 30.0 Å². The fourth-order valence-electron chi connectivity index (χ4n) is 2.43. The van der Waals surface area contributed by atoms with Crippen LogP contribution in [0.25, 0.3) is 0 Å². The molecule has 0 radical (unpaired) electrons. The van der Waals surface area contributed by atoms with Crippen molar-refractivity contribution in [1.29, 1.82) is 0 Å². The van der Waals surface area contributed by atoms with Crippen molar-refractivity contribution in [3.63, 3.8) is 0 Å². The Balaban J connectivity index is 1.67. The number of nitrogens with one attached hydrogen (secondary N) is 2. The molecule has 1 fully saturated rings. The first-order valence-electron chi connectivity index (χ1n) is 6.82. The Labute approximate surface area is 122 Å². The molecule has 0 saturated carbocycles. The van der Waals surface area contributed by atoms with E-state index < -0.39 is 0 Å². The van der Waals surface area contributed by atoms with Crippen molar-refractivity contribution in [2.45, 2.75) is 13.0 Å². The number of urea groups is 1. The highest BCUT2D eigenvalue weighted by molar-refractivity contribution is 5.88. The zero-order chi connectivity index (χ0) is 14.8. The molecule has 1 atom stereocenters. The smallest absolute Gasteiger partial charge is 0.323 e. The van der Waals surface area contributed by atoms with Crippen LogP contribution in [0.5, 0.6) is 0 Å². The number of aryl methyl sites for hydroxylation is 1. The van der Waals surface area contributed by atoms with E-state index in [0.29, 0.717) is 24.7 Å². The average Bonchev–Trinajstić information content (AvgIpc) is 3.11. The Kier molecular flexibility index (Phi) is 3.61. The third-order valence-electron chi connectivity index (χ3n) is 3.63. The van der Waals surface area contributed by atoms with Gasteiger partial charge in [0.15, 0.2) is 5.82 Å². The van der Waals surface area contributed by atoms with E-state index in [9.17, 15) is 4.79 Å². The highest BCUT2D eigenvalue weighted by Crippen LogP contribution is 2.21. The predicted molar refractivity (Wildman–Crippen MR) is 75.8 cm³/mol. The molecule has 0 aromatic carbocycles. The fourth-order valence-corrected chi connectivity index (χ4v) is 2.43. The minimum Gasteiger partial charge on any atom is -0.360 e. The molecule has 1 aliphatic rings. The van der Waals surface area contributed by atoms with Gasteiger partial charge in [0, 0.05) is 38.1 Å². The Morgan fingerprint density at radius 2 is 2.38 bits per heavy atom. The predicted octanol–water partition coefficient (Wildman–Crippen LogP) is 1.23. The van der Waals surface area contributed by atoms with Crippen molar-refractivity contribution >= 4 is 11.8 Å². The van der Waals surface area contributed by atoms with Gasteiger partial charge in [0.25, 0.3) is 0 Å². The van der Waals surface area contributed by atoms with Gasteiger partial charge >= 0.3 is 6.03 Å². The summed E-state index contributed by atoms with van der Waals surface area (Å²) < 4.78 is 4.94. The number of anilines is 1. The number of carbonyl (C=O) groups excluding carboxylic acids is 1. The molecule has 3 rings (SSSR count). The van der Waals surface area contributed by atoms with Crippen molar-refractivity contribution in [2.24, 2.45) is 0 Å². The molecule has 0 spiro atoms. The molecule has 3 heterocycles. The van der Waals surface area contributed by atoms with Crippen molar-refractivity contribution in [1.82, 2.24) is 24.9 Å². The minimum absolute atomic E-state index is 0.0681. The minimum atomic E-state index is -0.173.